The molecule has 0 unspecified atom stereocenters. The van der Waals surface area contributed by atoms with E-state index in [4.69, 9.17) is 0 Å². The molecule has 1 aliphatic heterocycles. The van der Waals surface area contributed by atoms with Crippen LogP contribution in [-0.2, 0) is 24.1 Å². The van der Waals surface area contributed by atoms with Crippen molar-refractivity contribution in [2.24, 2.45) is 5.92 Å². The second-order valence-corrected chi connectivity index (χ2v) is 7.45. The third-order valence-electron chi connectivity index (χ3n) is 5.23. The summed E-state index contributed by atoms with van der Waals surface area (Å²) >= 11 is 0. The van der Waals surface area contributed by atoms with E-state index < -0.39 is 11.7 Å². The van der Waals surface area contributed by atoms with Gasteiger partial charge in [-0.25, -0.2) is 0 Å². The van der Waals surface area contributed by atoms with Gasteiger partial charge in [0.25, 0.3) is 0 Å². The quantitative estimate of drug-likeness (QED) is 0.813. The van der Waals surface area contributed by atoms with Crippen LogP contribution in [0, 0.1) is 12.8 Å². The molecule has 0 atom stereocenters. The van der Waals surface area contributed by atoms with Crippen LogP contribution in [0.2, 0.25) is 0 Å². The maximum Gasteiger partial charge on any atom is 0.416 e. The fraction of sp³-hybridized carbons (Fsp3) is 0.409. The van der Waals surface area contributed by atoms with Gasteiger partial charge in [-0.1, -0.05) is 42.0 Å². The van der Waals surface area contributed by atoms with E-state index >= 15 is 0 Å². The first-order valence-electron chi connectivity index (χ1n) is 9.53. The van der Waals surface area contributed by atoms with Crippen molar-refractivity contribution in [3.05, 3.63) is 70.8 Å². The van der Waals surface area contributed by atoms with Crippen molar-refractivity contribution in [2.75, 3.05) is 13.1 Å². The van der Waals surface area contributed by atoms with Gasteiger partial charge >= 0.3 is 6.18 Å². The molecule has 1 N–H and O–H groups in total. The summed E-state index contributed by atoms with van der Waals surface area (Å²) < 4.78 is 37.9. The highest BCUT2D eigenvalue weighted by Gasteiger charge is 2.30. The van der Waals surface area contributed by atoms with Crippen LogP contribution < -0.4 is 5.32 Å². The summed E-state index contributed by atoms with van der Waals surface area (Å²) in [5.41, 5.74) is 2.50. The van der Waals surface area contributed by atoms with E-state index in [0.717, 1.165) is 49.2 Å². The Morgan fingerprint density at radius 1 is 1.00 bits per heavy atom. The highest BCUT2D eigenvalue weighted by Crippen LogP contribution is 2.29. The van der Waals surface area contributed by atoms with Gasteiger partial charge in [-0.05, 0) is 56.1 Å². The summed E-state index contributed by atoms with van der Waals surface area (Å²) in [5, 5.41) is 3.01. The summed E-state index contributed by atoms with van der Waals surface area (Å²) in [6.45, 7) is 4.70. The molecule has 150 valence electrons. The number of alkyl halides is 3. The largest absolute Gasteiger partial charge is 0.416 e. The van der Waals surface area contributed by atoms with E-state index in [9.17, 15) is 18.0 Å². The van der Waals surface area contributed by atoms with Crippen molar-refractivity contribution < 1.29 is 18.0 Å². The Balaban J connectivity index is 1.43. The number of hydrogen-bond acceptors (Lipinski definition) is 2. The molecule has 0 bridgehead atoms. The molecule has 0 spiro atoms. The predicted octanol–water partition coefficient (Wildman–Crippen LogP) is 4.54. The number of amides is 1. The number of benzene rings is 2. The first-order chi connectivity index (χ1) is 13.3. The number of nitrogens with zero attached hydrogens (tertiary/aromatic N) is 1. The predicted molar refractivity (Wildman–Crippen MR) is 102 cm³/mol. The second-order valence-electron chi connectivity index (χ2n) is 7.45. The highest BCUT2D eigenvalue weighted by molar-refractivity contribution is 5.78. The number of carbonyl (C=O) groups excluding carboxylic acids is 1. The normalized spacial score (nSPS) is 16.1. The SMILES string of the molecule is Cc1ccc(CNC(=O)C2CCN(Cc3ccc(C(F)(F)F)cc3)CC2)cc1. The van der Waals surface area contributed by atoms with Gasteiger partial charge in [0, 0.05) is 19.0 Å². The van der Waals surface area contributed by atoms with Crippen LogP contribution in [0.15, 0.2) is 48.5 Å². The van der Waals surface area contributed by atoms with Gasteiger partial charge in [-0.3, -0.25) is 9.69 Å². The molecule has 1 aliphatic rings. The molecule has 1 fully saturated rings. The maximum atomic E-state index is 12.6. The van der Waals surface area contributed by atoms with Gasteiger partial charge < -0.3 is 5.32 Å². The lowest BCUT2D eigenvalue weighted by atomic mass is 9.95. The third-order valence-corrected chi connectivity index (χ3v) is 5.23. The van der Waals surface area contributed by atoms with Crippen molar-refractivity contribution >= 4 is 5.91 Å². The van der Waals surface area contributed by atoms with Crippen molar-refractivity contribution in [1.29, 1.82) is 0 Å². The van der Waals surface area contributed by atoms with Crippen LogP contribution in [0.5, 0.6) is 0 Å². The summed E-state index contributed by atoms with van der Waals surface area (Å²) in [6.07, 6.45) is -2.77. The number of hydrogen-bond donors (Lipinski definition) is 1. The van der Waals surface area contributed by atoms with Gasteiger partial charge in [0.15, 0.2) is 0 Å². The van der Waals surface area contributed by atoms with E-state index in [0.29, 0.717) is 13.1 Å². The molecule has 0 aromatic heterocycles. The summed E-state index contributed by atoms with van der Waals surface area (Å²) in [7, 11) is 0. The number of nitrogens with one attached hydrogen (secondary N) is 1. The molecule has 28 heavy (non-hydrogen) atoms. The molecule has 0 saturated carbocycles. The van der Waals surface area contributed by atoms with Gasteiger partial charge in [-0.2, -0.15) is 13.2 Å². The Labute approximate surface area is 163 Å². The van der Waals surface area contributed by atoms with Crippen LogP contribution in [0.4, 0.5) is 13.2 Å². The third kappa shape index (κ3) is 5.58. The average molecular weight is 390 g/mol. The number of halogens is 3. The lowest BCUT2D eigenvalue weighted by molar-refractivity contribution is -0.137. The Morgan fingerprint density at radius 3 is 2.14 bits per heavy atom. The first kappa shape index (κ1) is 20.4. The van der Waals surface area contributed by atoms with Crippen molar-refractivity contribution in [3.8, 4) is 0 Å². The topological polar surface area (TPSA) is 32.3 Å². The number of carbonyl (C=O) groups is 1. The van der Waals surface area contributed by atoms with E-state index in [1.807, 2.05) is 31.2 Å². The molecule has 2 aromatic carbocycles. The van der Waals surface area contributed by atoms with Crippen LogP contribution in [-0.4, -0.2) is 23.9 Å². The van der Waals surface area contributed by atoms with E-state index in [1.54, 1.807) is 0 Å². The van der Waals surface area contributed by atoms with Gasteiger partial charge in [0.05, 0.1) is 5.56 Å². The molecule has 6 heteroatoms. The molecule has 1 heterocycles. The Bertz CT molecular complexity index is 777. The number of rotatable bonds is 5. The minimum atomic E-state index is -4.30. The minimum Gasteiger partial charge on any atom is -0.352 e. The average Bonchev–Trinajstić information content (AvgIpc) is 2.67. The summed E-state index contributed by atoms with van der Waals surface area (Å²) in [6, 6.07) is 13.4. The van der Waals surface area contributed by atoms with Crippen molar-refractivity contribution in [1.82, 2.24) is 10.2 Å². The first-order valence-corrected chi connectivity index (χ1v) is 9.53. The van der Waals surface area contributed by atoms with Gasteiger partial charge in [-0.15, -0.1) is 0 Å². The standard InChI is InChI=1S/C22H25F3N2O/c1-16-2-4-17(5-3-16)14-26-21(28)19-10-12-27(13-11-19)15-18-6-8-20(9-7-18)22(23,24)25/h2-9,19H,10-15H2,1H3,(H,26,28). The number of aryl methyl sites for hydroxylation is 1. The fourth-order valence-electron chi connectivity index (χ4n) is 3.45. The molecule has 0 radical (unpaired) electrons. The molecule has 3 rings (SSSR count). The highest BCUT2D eigenvalue weighted by atomic mass is 19.4. The Hall–Kier alpha value is -2.34. The zero-order valence-corrected chi connectivity index (χ0v) is 15.9. The molecule has 0 aliphatic carbocycles. The van der Waals surface area contributed by atoms with E-state index in [2.05, 4.69) is 10.2 Å². The van der Waals surface area contributed by atoms with Gasteiger partial charge in [0.2, 0.25) is 5.91 Å². The lowest BCUT2D eigenvalue weighted by Gasteiger charge is -2.31. The lowest BCUT2D eigenvalue weighted by Crippen LogP contribution is -2.40. The summed E-state index contributed by atoms with van der Waals surface area (Å²) in [4.78, 5) is 14.6. The molecule has 2 aromatic rings. The Kier molecular flexibility index (Phi) is 6.39. The zero-order valence-electron chi connectivity index (χ0n) is 15.9. The smallest absolute Gasteiger partial charge is 0.352 e. The number of piperidine rings is 1. The van der Waals surface area contributed by atoms with Crippen LogP contribution in [0.1, 0.15) is 35.1 Å². The molecule has 1 amide bonds. The zero-order chi connectivity index (χ0) is 20.1. The molecule has 1 saturated heterocycles. The monoisotopic (exact) mass is 390 g/mol. The number of likely N-dealkylation sites (tertiary alicyclic amines) is 1. The van der Waals surface area contributed by atoms with Crippen LogP contribution >= 0.6 is 0 Å². The van der Waals surface area contributed by atoms with E-state index in [1.165, 1.54) is 17.7 Å². The van der Waals surface area contributed by atoms with E-state index in [-0.39, 0.29) is 11.8 Å². The van der Waals surface area contributed by atoms with Crippen LogP contribution in [0.3, 0.4) is 0 Å². The van der Waals surface area contributed by atoms with Crippen molar-refractivity contribution in [3.63, 3.8) is 0 Å². The fourth-order valence-corrected chi connectivity index (χ4v) is 3.45. The molecule has 3 nitrogen and oxygen atoms in total. The van der Waals surface area contributed by atoms with Gasteiger partial charge in [0.1, 0.15) is 0 Å². The summed E-state index contributed by atoms with van der Waals surface area (Å²) in [5.74, 6) is 0.0732. The van der Waals surface area contributed by atoms with Crippen LogP contribution in [0.25, 0.3) is 0 Å². The minimum absolute atomic E-state index is 0.00527. The Morgan fingerprint density at radius 2 is 1.57 bits per heavy atom. The van der Waals surface area contributed by atoms with Crippen molar-refractivity contribution in [2.45, 2.75) is 39.0 Å². The molecular weight excluding hydrogens is 365 g/mol. The second kappa shape index (κ2) is 8.78. The maximum absolute atomic E-state index is 12.6. The molecular formula is C22H25F3N2O.